The second kappa shape index (κ2) is 11.3. The molecule has 4 rings (SSSR count). The number of nitrogens with one attached hydrogen (secondary N) is 1. The maximum Gasteiger partial charge on any atom is 0.273 e. The molecule has 0 radical (unpaired) electrons. The number of benzene rings is 2. The molecule has 1 N–H and O–H groups in total. The Hall–Kier alpha value is -3.04. The van der Waals surface area contributed by atoms with Gasteiger partial charge in [-0.1, -0.05) is 48.5 Å². The first kappa shape index (κ1) is 26.0. The fraction of sp³-hybridized carbons (Fsp3) is 0.444. The lowest BCUT2D eigenvalue weighted by Crippen LogP contribution is -2.38. The highest BCUT2D eigenvalue weighted by molar-refractivity contribution is 7.90. The molecule has 9 heteroatoms. The molecule has 36 heavy (non-hydrogen) atoms. The van der Waals surface area contributed by atoms with E-state index in [9.17, 15) is 13.2 Å². The van der Waals surface area contributed by atoms with Gasteiger partial charge in [-0.2, -0.15) is 0 Å². The van der Waals surface area contributed by atoms with Crippen LogP contribution in [0.5, 0.6) is 0 Å². The minimum atomic E-state index is -3.17. The van der Waals surface area contributed by atoms with Gasteiger partial charge in [0.2, 0.25) is 0 Å². The van der Waals surface area contributed by atoms with Crippen LogP contribution in [0.4, 0.5) is 0 Å². The van der Waals surface area contributed by atoms with Crippen LogP contribution in [-0.2, 0) is 29.3 Å². The molecular weight excluding hydrogens is 474 g/mol. The van der Waals surface area contributed by atoms with E-state index >= 15 is 0 Å². The molecule has 0 bridgehead atoms. The zero-order chi connectivity index (χ0) is 25.7. The largest absolute Gasteiger partial charge is 0.350 e. The first-order chi connectivity index (χ1) is 17.2. The van der Waals surface area contributed by atoms with Gasteiger partial charge in [0.15, 0.2) is 15.5 Å². The lowest BCUT2D eigenvalue weighted by molar-refractivity contribution is 0.0929. The minimum absolute atomic E-state index is 0.156. The number of nitrogens with zero attached hydrogens (tertiary/aromatic N) is 4. The molecule has 192 valence electrons. The summed E-state index contributed by atoms with van der Waals surface area (Å²) in [7, 11) is -3.17. The van der Waals surface area contributed by atoms with Gasteiger partial charge in [0, 0.05) is 19.3 Å². The molecule has 0 spiro atoms. The lowest BCUT2D eigenvalue weighted by Gasteiger charge is -2.32. The fourth-order valence-electron chi connectivity index (χ4n) is 4.70. The monoisotopic (exact) mass is 509 g/mol. The average molecular weight is 510 g/mol. The number of amides is 1. The van der Waals surface area contributed by atoms with Crippen LogP contribution in [0.25, 0.3) is 0 Å². The first-order valence-electron chi connectivity index (χ1n) is 12.5. The summed E-state index contributed by atoms with van der Waals surface area (Å²) in [5.41, 5.74) is 4.74. The number of hydrogen-bond donors (Lipinski definition) is 1. The van der Waals surface area contributed by atoms with Gasteiger partial charge >= 0.3 is 0 Å². The topological polar surface area (TPSA) is 97.2 Å². The van der Waals surface area contributed by atoms with Crippen LogP contribution in [-0.4, -0.2) is 60.1 Å². The quantitative estimate of drug-likeness (QED) is 0.476. The van der Waals surface area contributed by atoms with Gasteiger partial charge in [0.1, 0.15) is 0 Å². The van der Waals surface area contributed by atoms with Gasteiger partial charge < -0.3 is 5.32 Å². The van der Waals surface area contributed by atoms with E-state index in [1.165, 1.54) is 17.4 Å². The van der Waals surface area contributed by atoms with E-state index in [4.69, 9.17) is 0 Å². The molecule has 8 nitrogen and oxygen atoms in total. The molecular formula is C27H35N5O3S. The second-order valence-corrected chi connectivity index (χ2v) is 11.7. The molecule has 0 aliphatic carbocycles. The van der Waals surface area contributed by atoms with Gasteiger partial charge in [0.05, 0.1) is 17.1 Å². The maximum absolute atomic E-state index is 12.9. The Labute approximate surface area is 213 Å². The zero-order valence-electron chi connectivity index (χ0n) is 21.3. The summed E-state index contributed by atoms with van der Waals surface area (Å²) in [6.45, 7) is 8.02. The molecule has 0 atom stereocenters. The molecule has 1 aromatic heterocycles. The number of piperidine rings is 1. The highest BCUT2D eigenvalue weighted by Crippen LogP contribution is 2.20. The van der Waals surface area contributed by atoms with Gasteiger partial charge in [-0.05, 0) is 74.0 Å². The SMILES string of the molecule is CCc1c(C(=O)NCC2CCN(Cc3ccc(S(C)(=O)=O)cc3)CC2)nnn1Cc1ccccc1C. The Balaban J connectivity index is 1.27. The second-order valence-electron chi connectivity index (χ2n) is 9.67. The van der Waals surface area contributed by atoms with E-state index in [1.54, 1.807) is 12.1 Å². The summed E-state index contributed by atoms with van der Waals surface area (Å²) >= 11 is 0. The van der Waals surface area contributed by atoms with Crippen molar-refractivity contribution >= 4 is 15.7 Å². The summed E-state index contributed by atoms with van der Waals surface area (Å²) in [6, 6.07) is 15.3. The van der Waals surface area contributed by atoms with Gasteiger partial charge in [-0.15, -0.1) is 5.10 Å². The molecule has 3 aromatic rings. The van der Waals surface area contributed by atoms with Crippen molar-refractivity contribution in [2.75, 3.05) is 25.9 Å². The van der Waals surface area contributed by atoms with Crippen molar-refractivity contribution in [2.24, 2.45) is 5.92 Å². The zero-order valence-corrected chi connectivity index (χ0v) is 22.1. The fourth-order valence-corrected chi connectivity index (χ4v) is 5.34. The Bertz CT molecular complexity index is 1290. The Kier molecular flexibility index (Phi) is 8.21. The molecule has 2 heterocycles. The van der Waals surface area contributed by atoms with E-state index < -0.39 is 9.84 Å². The van der Waals surface area contributed by atoms with E-state index in [-0.39, 0.29) is 5.91 Å². The van der Waals surface area contributed by atoms with Crippen molar-refractivity contribution in [1.29, 1.82) is 0 Å². The number of carbonyl (C=O) groups is 1. The summed E-state index contributed by atoms with van der Waals surface area (Å²) in [6.07, 6.45) is 3.91. The molecule has 0 saturated carbocycles. The number of sulfone groups is 1. The van der Waals surface area contributed by atoms with Crippen LogP contribution < -0.4 is 5.32 Å². The van der Waals surface area contributed by atoms with E-state index in [2.05, 4.69) is 39.6 Å². The van der Waals surface area contributed by atoms with Crippen LogP contribution in [0.1, 0.15) is 52.6 Å². The summed E-state index contributed by atoms with van der Waals surface area (Å²) in [4.78, 5) is 15.6. The smallest absolute Gasteiger partial charge is 0.273 e. The normalized spacial score (nSPS) is 15.2. The number of rotatable bonds is 9. The molecule has 1 aliphatic rings. The van der Waals surface area contributed by atoms with Crippen LogP contribution in [0.3, 0.4) is 0 Å². The van der Waals surface area contributed by atoms with Crippen LogP contribution in [0, 0.1) is 12.8 Å². The number of aryl methyl sites for hydroxylation is 1. The van der Waals surface area contributed by atoms with Crippen molar-refractivity contribution < 1.29 is 13.2 Å². The van der Waals surface area contributed by atoms with E-state index in [1.807, 2.05) is 35.9 Å². The van der Waals surface area contributed by atoms with Crippen molar-refractivity contribution in [3.8, 4) is 0 Å². The molecule has 1 amide bonds. The summed E-state index contributed by atoms with van der Waals surface area (Å²) < 4.78 is 25.1. The van der Waals surface area contributed by atoms with Crippen molar-refractivity contribution in [3.63, 3.8) is 0 Å². The number of carbonyl (C=O) groups excluding carboxylic acids is 1. The van der Waals surface area contributed by atoms with Crippen LogP contribution in [0.15, 0.2) is 53.4 Å². The Morgan fingerprint density at radius 1 is 1.06 bits per heavy atom. The van der Waals surface area contributed by atoms with Gasteiger partial charge in [0.25, 0.3) is 5.91 Å². The Morgan fingerprint density at radius 3 is 2.39 bits per heavy atom. The highest BCUT2D eigenvalue weighted by Gasteiger charge is 2.23. The predicted molar refractivity (Wildman–Crippen MR) is 140 cm³/mol. The molecule has 0 unspecified atom stereocenters. The average Bonchev–Trinajstić information content (AvgIpc) is 3.27. The third kappa shape index (κ3) is 6.39. The number of aromatic nitrogens is 3. The van der Waals surface area contributed by atoms with Crippen LogP contribution >= 0.6 is 0 Å². The summed E-state index contributed by atoms with van der Waals surface area (Å²) in [5.74, 6) is 0.265. The van der Waals surface area contributed by atoms with Crippen LogP contribution in [0.2, 0.25) is 0 Å². The predicted octanol–water partition coefficient (Wildman–Crippen LogP) is 3.24. The van der Waals surface area contributed by atoms with Gasteiger partial charge in [-0.3, -0.25) is 9.69 Å². The Morgan fingerprint density at radius 2 is 1.75 bits per heavy atom. The van der Waals surface area contributed by atoms with Crippen molar-refractivity contribution in [2.45, 2.75) is 51.1 Å². The molecule has 1 aliphatic heterocycles. The third-order valence-corrected chi connectivity index (χ3v) is 8.11. The molecule has 2 aromatic carbocycles. The first-order valence-corrected chi connectivity index (χ1v) is 14.4. The standard InChI is InChI=1S/C27H35N5O3S/c1-4-25-26(29-30-32(25)19-23-8-6-5-7-20(23)2)27(33)28-17-21-13-15-31(16-14-21)18-22-9-11-24(12-10-22)36(3,34)35/h5-12,21H,4,13-19H2,1-3H3,(H,28,33). The maximum atomic E-state index is 12.9. The third-order valence-electron chi connectivity index (χ3n) is 6.99. The van der Waals surface area contributed by atoms with Crippen molar-refractivity contribution in [1.82, 2.24) is 25.2 Å². The minimum Gasteiger partial charge on any atom is -0.350 e. The summed E-state index contributed by atoms with van der Waals surface area (Å²) in [5, 5.41) is 11.6. The van der Waals surface area contributed by atoms with Crippen molar-refractivity contribution in [3.05, 3.63) is 76.6 Å². The van der Waals surface area contributed by atoms with E-state index in [0.717, 1.165) is 43.7 Å². The molecule has 1 fully saturated rings. The lowest BCUT2D eigenvalue weighted by atomic mass is 9.96. The highest BCUT2D eigenvalue weighted by atomic mass is 32.2. The number of likely N-dealkylation sites (tertiary alicyclic amines) is 1. The number of hydrogen-bond acceptors (Lipinski definition) is 6. The van der Waals surface area contributed by atoms with E-state index in [0.29, 0.717) is 36.0 Å². The van der Waals surface area contributed by atoms with Gasteiger partial charge in [-0.25, -0.2) is 13.1 Å². The molecule has 1 saturated heterocycles.